The smallest absolute Gasteiger partial charge is 0.155 e. The van der Waals surface area contributed by atoms with Crippen LogP contribution in [0.5, 0.6) is 5.75 Å². The van der Waals surface area contributed by atoms with Gasteiger partial charge in [-0.2, -0.15) is 11.8 Å². The van der Waals surface area contributed by atoms with Gasteiger partial charge in [0.2, 0.25) is 0 Å². The summed E-state index contributed by atoms with van der Waals surface area (Å²) in [6.07, 6.45) is 0. The van der Waals surface area contributed by atoms with E-state index in [-0.39, 0.29) is 0 Å². The van der Waals surface area contributed by atoms with E-state index < -0.39 is 0 Å². The van der Waals surface area contributed by atoms with Gasteiger partial charge in [-0.15, -0.1) is 0 Å². The van der Waals surface area contributed by atoms with Crippen molar-refractivity contribution in [3.63, 3.8) is 0 Å². The molecule has 1 aliphatic rings. The predicted octanol–water partition coefficient (Wildman–Crippen LogP) is 2.44. The Morgan fingerprint density at radius 2 is 1.82 bits per heavy atom. The van der Waals surface area contributed by atoms with Crippen molar-refractivity contribution in [3.05, 3.63) is 24.3 Å². The number of hydrogen-bond acceptors (Lipinski definition) is 3. The molecule has 0 amide bonds. The quantitative estimate of drug-likeness (QED) is 0.605. The highest BCUT2D eigenvalue weighted by molar-refractivity contribution is 8.05. The molecule has 0 bridgehead atoms. The van der Waals surface area contributed by atoms with Gasteiger partial charge in [0.15, 0.2) is 4.90 Å². The molecule has 1 aliphatic heterocycles. The molecule has 17 heavy (non-hydrogen) atoms. The van der Waals surface area contributed by atoms with Crippen molar-refractivity contribution in [2.45, 2.75) is 4.90 Å². The van der Waals surface area contributed by atoms with Crippen LogP contribution in [-0.4, -0.2) is 43.3 Å². The standard InChI is InChI=1S/C13H19O2S2/c1-14-6-7-15-12-2-4-13(5-3-12)17-10-8-16-9-11-17/h2-5H,6-11H2,1H3/q+1. The van der Waals surface area contributed by atoms with Gasteiger partial charge in [0, 0.05) is 29.5 Å². The Labute approximate surface area is 110 Å². The third kappa shape index (κ3) is 4.12. The van der Waals surface area contributed by atoms with Crippen LogP contribution in [0.2, 0.25) is 0 Å². The SMILES string of the molecule is COCCOc1ccc([S+]2CCSCC2)cc1. The fraction of sp³-hybridized carbons (Fsp3) is 0.538. The molecule has 0 radical (unpaired) electrons. The molecule has 0 saturated carbocycles. The van der Waals surface area contributed by atoms with Gasteiger partial charge in [-0.05, 0) is 24.3 Å². The molecule has 0 N–H and O–H groups in total. The van der Waals surface area contributed by atoms with E-state index in [9.17, 15) is 0 Å². The Balaban J connectivity index is 1.88. The molecule has 2 nitrogen and oxygen atoms in total. The van der Waals surface area contributed by atoms with E-state index in [1.807, 2.05) is 0 Å². The van der Waals surface area contributed by atoms with Crippen LogP contribution in [0.25, 0.3) is 0 Å². The maximum Gasteiger partial charge on any atom is 0.155 e. The summed E-state index contributed by atoms with van der Waals surface area (Å²) in [4.78, 5) is 1.49. The molecule has 0 aliphatic carbocycles. The summed E-state index contributed by atoms with van der Waals surface area (Å²) in [5.41, 5.74) is 0. The first kappa shape index (κ1) is 13.1. The highest BCUT2D eigenvalue weighted by Gasteiger charge is 2.24. The molecule has 1 aromatic carbocycles. The van der Waals surface area contributed by atoms with E-state index in [0.717, 1.165) is 5.75 Å². The molecule has 4 heteroatoms. The van der Waals surface area contributed by atoms with Crippen LogP contribution in [-0.2, 0) is 15.6 Å². The zero-order chi connectivity index (χ0) is 11.9. The summed E-state index contributed by atoms with van der Waals surface area (Å²) in [5.74, 6) is 6.26. The van der Waals surface area contributed by atoms with Gasteiger partial charge in [-0.1, -0.05) is 0 Å². The van der Waals surface area contributed by atoms with Crippen molar-refractivity contribution in [2.24, 2.45) is 0 Å². The van der Waals surface area contributed by atoms with E-state index in [1.54, 1.807) is 7.11 Å². The number of rotatable bonds is 5. The lowest BCUT2D eigenvalue weighted by Crippen LogP contribution is -2.21. The second-order valence-corrected chi connectivity index (χ2v) is 7.32. The minimum Gasteiger partial charge on any atom is -0.491 e. The van der Waals surface area contributed by atoms with Gasteiger partial charge < -0.3 is 9.47 Å². The zero-order valence-electron chi connectivity index (χ0n) is 10.2. The number of ether oxygens (including phenoxy) is 2. The molecular weight excluding hydrogens is 252 g/mol. The second-order valence-electron chi connectivity index (χ2n) is 3.83. The third-order valence-corrected chi connectivity index (χ3v) is 6.50. The van der Waals surface area contributed by atoms with Crippen molar-refractivity contribution >= 4 is 22.7 Å². The normalized spacial score (nSPS) is 17.0. The molecule has 0 aromatic heterocycles. The van der Waals surface area contributed by atoms with E-state index >= 15 is 0 Å². The number of thioether (sulfide) groups is 1. The molecule has 1 heterocycles. The lowest BCUT2D eigenvalue weighted by molar-refractivity contribution is 0.146. The molecule has 1 aromatic rings. The van der Waals surface area contributed by atoms with Gasteiger partial charge in [-0.3, -0.25) is 0 Å². The van der Waals surface area contributed by atoms with Crippen molar-refractivity contribution < 1.29 is 9.47 Å². The average molecular weight is 271 g/mol. The number of hydrogen-bond donors (Lipinski definition) is 0. The van der Waals surface area contributed by atoms with Crippen LogP contribution >= 0.6 is 11.8 Å². The Morgan fingerprint density at radius 3 is 2.47 bits per heavy atom. The summed E-state index contributed by atoms with van der Waals surface area (Å²) in [6.45, 7) is 1.27. The first-order chi connectivity index (χ1) is 8.40. The molecular formula is C13H19O2S2+. The Morgan fingerprint density at radius 1 is 1.12 bits per heavy atom. The van der Waals surface area contributed by atoms with Crippen molar-refractivity contribution in [1.82, 2.24) is 0 Å². The Kier molecular flexibility index (Phi) is 5.55. The molecule has 0 unspecified atom stereocenters. The van der Waals surface area contributed by atoms with Gasteiger partial charge >= 0.3 is 0 Å². The summed E-state index contributed by atoms with van der Waals surface area (Å²) in [7, 11) is 2.16. The van der Waals surface area contributed by atoms with Crippen LogP contribution in [0, 0.1) is 0 Å². The molecule has 94 valence electrons. The van der Waals surface area contributed by atoms with Crippen LogP contribution < -0.4 is 4.74 Å². The summed E-state index contributed by atoms with van der Waals surface area (Å²) >= 11 is 2.08. The second kappa shape index (κ2) is 7.19. The summed E-state index contributed by atoms with van der Waals surface area (Å²) < 4.78 is 10.5. The van der Waals surface area contributed by atoms with Crippen molar-refractivity contribution in [1.29, 1.82) is 0 Å². The lowest BCUT2D eigenvalue weighted by atomic mass is 10.3. The van der Waals surface area contributed by atoms with Crippen LogP contribution in [0.3, 0.4) is 0 Å². The molecule has 1 fully saturated rings. The molecule has 2 rings (SSSR count). The lowest BCUT2D eigenvalue weighted by Gasteiger charge is -2.13. The monoisotopic (exact) mass is 271 g/mol. The van der Waals surface area contributed by atoms with E-state index in [4.69, 9.17) is 9.47 Å². The predicted molar refractivity (Wildman–Crippen MR) is 76.5 cm³/mol. The van der Waals surface area contributed by atoms with E-state index in [1.165, 1.54) is 27.9 Å². The van der Waals surface area contributed by atoms with Gasteiger partial charge in [0.25, 0.3) is 0 Å². The van der Waals surface area contributed by atoms with E-state index in [2.05, 4.69) is 36.0 Å². The third-order valence-electron chi connectivity index (χ3n) is 2.66. The topological polar surface area (TPSA) is 18.5 Å². The highest BCUT2D eigenvalue weighted by atomic mass is 32.2. The first-order valence-corrected chi connectivity index (χ1v) is 8.59. The van der Waals surface area contributed by atoms with Crippen molar-refractivity contribution in [2.75, 3.05) is 43.3 Å². The fourth-order valence-corrected chi connectivity index (χ4v) is 5.68. The molecule has 0 atom stereocenters. The van der Waals surface area contributed by atoms with Gasteiger partial charge in [0.1, 0.15) is 23.9 Å². The van der Waals surface area contributed by atoms with Crippen LogP contribution in [0.4, 0.5) is 0 Å². The Hall–Kier alpha value is -0.320. The maximum atomic E-state index is 5.56. The maximum absolute atomic E-state index is 5.56. The minimum atomic E-state index is 0.475. The van der Waals surface area contributed by atoms with Crippen molar-refractivity contribution in [3.8, 4) is 5.75 Å². The number of methoxy groups -OCH3 is 1. The summed E-state index contributed by atoms with van der Waals surface area (Å²) in [6, 6.07) is 8.61. The highest BCUT2D eigenvalue weighted by Crippen LogP contribution is 2.23. The van der Waals surface area contributed by atoms with Gasteiger partial charge in [0.05, 0.1) is 6.61 Å². The van der Waals surface area contributed by atoms with Gasteiger partial charge in [-0.25, -0.2) is 0 Å². The summed E-state index contributed by atoms with van der Waals surface area (Å²) in [5, 5.41) is 0. The average Bonchev–Trinajstić information content (AvgIpc) is 2.41. The zero-order valence-corrected chi connectivity index (χ0v) is 11.8. The molecule has 1 saturated heterocycles. The number of benzene rings is 1. The fourth-order valence-electron chi connectivity index (χ4n) is 1.73. The first-order valence-electron chi connectivity index (χ1n) is 5.87. The minimum absolute atomic E-state index is 0.475. The van der Waals surface area contributed by atoms with Crippen LogP contribution in [0.15, 0.2) is 29.2 Å². The van der Waals surface area contributed by atoms with E-state index in [0.29, 0.717) is 24.1 Å². The largest absolute Gasteiger partial charge is 0.491 e. The molecule has 0 spiro atoms. The van der Waals surface area contributed by atoms with Crippen LogP contribution in [0.1, 0.15) is 0 Å². The Bertz CT molecular complexity index is 321.